The Morgan fingerprint density at radius 1 is 1.05 bits per heavy atom. The van der Waals surface area contributed by atoms with Crippen LogP contribution in [-0.2, 0) is 6.61 Å². The summed E-state index contributed by atoms with van der Waals surface area (Å²) in [5.41, 5.74) is 7.33. The fraction of sp³-hybridized carbons (Fsp3) is 0.0588. The zero-order valence-corrected chi connectivity index (χ0v) is 13.5. The van der Waals surface area contributed by atoms with E-state index in [0.29, 0.717) is 17.3 Å². The van der Waals surface area contributed by atoms with Crippen LogP contribution in [0, 0.1) is 0 Å². The molecule has 0 amide bonds. The molecule has 0 radical (unpaired) electrons. The van der Waals surface area contributed by atoms with E-state index in [4.69, 9.17) is 22.1 Å². The van der Waals surface area contributed by atoms with Gasteiger partial charge in [-0.3, -0.25) is 0 Å². The molecule has 2 nitrogen and oxygen atoms in total. The lowest BCUT2D eigenvalue weighted by Gasteiger charge is -2.11. The largest absolute Gasteiger partial charge is 0.488 e. The van der Waals surface area contributed by atoms with E-state index in [0.717, 1.165) is 21.2 Å². The summed E-state index contributed by atoms with van der Waals surface area (Å²) in [7, 11) is 0. The van der Waals surface area contributed by atoms with Crippen molar-refractivity contribution in [3.63, 3.8) is 0 Å². The minimum Gasteiger partial charge on any atom is -0.488 e. The molecule has 0 unspecified atom stereocenters. The van der Waals surface area contributed by atoms with Crippen molar-refractivity contribution < 1.29 is 4.74 Å². The molecular weight excluding hydrogens is 350 g/mol. The summed E-state index contributed by atoms with van der Waals surface area (Å²) in [4.78, 5) is 0. The van der Waals surface area contributed by atoms with Crippen LogP contribution in [0.3, 0.4) is 0 Å². The number of anilines is 1. The van der Waals surface area contributed by atoms with E-state index in [2.05, 4.69) is 28.1 Å². The summed E-state index contributed by atoms with van der Waals surface area (Å²) in [6, 6.07) is 17.5. The van der Waals surface area contributed by atoms with Crippen molar-refractivity contribution in [3.8, 4) is 5.75 Å². The van der Waals surface area contributed by atoms with Crippen LogP contribution in [0.2, 0.25) is 5.02 Å². The summed E-state index contributed by atoms with van der Waals surface area (Å²) in [6.45, 7) is 0.376. The molecule has 0 aliphatic heterocycles. The normalized spacial score (nSPS) is 10.8. The molecule has 0 aromatic heterocycles. The number of benzene rings is 3. The topological polar surface area (TPSA) is 35.2 Å². The van der Waals surface area contributed by atoms with Crippen molar-refractivity contribution in [3.05, 3.63) is 69.7 Å². The van der Waals surface area contributed by atoms with E-state index in [-0.39, 0.29) is 0 Å². The average molecular weight is 363 g/mol. The molecule has 0 aliphatic rings. The van der Waals surface area contributed by atoms with E-state index in [9.17, 15) is 0 Å². The van der Waals surface area contributed by atoms with Gasteiger partial charge in [0.15, 0.2) is 0 Å². The molecular formula is C17H13BrClNO. The van der Waals surface area contributed by atoms with Gasteiger partial charge in [0.2, 0.25) is 0 Å². The van der Waals surface area contributed by atoms with Gasteiger partial charge in [0, 0.05) is 16.3 Å². The predicted octanol–water partition coefficient (Wildman–Crippen LogP) is 5.42. The Morgan fingerprint density at radius 3 is 2.71 bits per heavy atom. The minimum atomic E-state index is 0.376. The maximum atomic E-state index is 6.15. The summed E-state index contributed by atoms with van der Waals surface area (Å²) < 4.78 is 6.82. The lowest BCUT2D eigenvalue weighted by Crippen LogP contribution is -1.98. The monoisotopic (exact) mass is 361 g/mol. The Hall–Kier alpha value is -1.71. The van der Waals surface area contributed by atoms with Crippen molar-refractivity contribution in [2.24, 2.45) is 0 Å². The van der Waals surface area contributed by atoms with Gasteiger partial charge in [-0.05, 0) is 51.0 Å². The standard InChI is InChI=1S/C17H13BrClNO/c18-17-14-4-2-1-3-11(14)5-8-16(17)21-10-12-9-13(20)6-7-15(12)19/h1-9H,10,20H2. The van der Waals surface area contributed by atoms with Crippen molar-refractivity contribution in [1.82, 2.24) is 0 Å². The molecule has 0 spiro atoms. The number of ether oxygens (including phenoxy) is 1. The number of hydrogen-bond acceptors (Lipinski definition) is 2. The third-order valence-electron chi connectivity index (χ3n) is 3.28. The van der Waals surface area contributed by atoms with Gasteiger partial charge in [0.1, 0.15) is 12.4 Å². The first-order chi connectivity index (χ1) is 10.1. The molecule has 0 saturated carbocycles. The average Bonchev–Trinajstić information content (AvgIpc) is 2.50. The zero-order chi connectivity index (χ0) is 14.8. The highest BCUT2D eigenvalue weighted by atomic mass is 79.9. The van der Waals surface area contributed by atoms with Crippen LogP contribution in [0.25, 0.3) is 10.8 Å². The summed E-state index contributed by atoms with van der Waals surface area (Å²) in [5, 5.41) is 2.94. The lowest BCUT2D eigenvalue weighted by molar-refractivity contribution is 0.305. The molecule has 0 heterocycles. The van der Waals surface area contributed by atoms with E-state index < -0.39 is 0 Å². The van der Waals surface area contributed by atoms with Gasteiger partial charge < -0.3 is 10.5 Å². The predicted molar refractivity (Wildman–Crippen MR) is 91.8 cm³/mol. The third-order valence-corrected chi connectivity index (χ3v) is 4.47. The highest BCUT2D eigenvalue weighted by molar-refractivity contribution is 9.10. The molecule has 3 aromatic carbocycles. The van der Waals surface area contributed by atoms with Gasteiger partial charge >= 0.3 is 0 Å². The molecule has 2 N–H and O–H groups in total. The first-order valence-electron chi connectivity index (χ1n) is 6.49. The van der Waals surface area contributed by atoms with Crippen LogP contribution in [0.5, 0.6) is 5.75 Å². The van der Waals surface area contributed by atoms with Gasteiger partial charge in [-0.2, -0.15) is 0 Å². The number of hydrogen-bond donors (Lipinski definition) is 1. The SMILES string of the molecule is Nc1ccc(Cl)c(COc2ccc3ccccc3c2Br)c1. The van der Waals surface area contributed by atoms with E-state index in [1.807, 2.05) is 30.3 Å². The second kappa shape index (κ2) is 5.96. The van der Waals surface area contributed by atoms with Crippen molar-refractivity contribution >= 4 is 44.0 Å². The van der Waals surface area contributed by atoms with E-state index in [1.54, 1.807) is 12.1 Å². The van der Waals surface area contributed by atoms with E-state index >= 15 is 0 Å². The van der Waals surface area contributed by atoms with Gasteiger partial charge in [-0.15, -0.1) is 0 Å². The van der Waals surface area contributed by atoms with Gasteiger partial charge in [-0.1, -0.05) is 41.9 Å². The Balaban J connectivity index is 1.88. The molecule has 0 bridgehead atoms. The van der Waals surface area contributed by atoms with Gasteiger partial charge in [0.05, 0.1) is 4.47 Å². The minimum absolute atomic E-state index is 0.376. The Morgan fingerprint density at radius 2 is 1.86 bits per heavy atom. The van der Waals surface area contributed by atoms with Crippen molar-refractivity contribution in [2.45, 2.75) is 6.61 Å². The fourth-order valence-electron chi connectivity index (χ4n) is 2.19. The maximum Gasteiger partial charge on any atom is 0.134 e. The number of rotatable bonds is 3. The summed E-state index contributed by atoms with van der Waals surface area (Å²) >= 11 is 9.76. The third kappa shape index (κ3) is 2.99. The fourth-order valence-corrected chi connectivity index (χ4v) is 2.97. The molecule has 0 atom stereocenters. The molecule has 3 aromatic rings. The van der Waals surface area contributed by atoms with Crippen molar-refractivity contribution in [1.29, 1.82) is 0 Å². The quantitative estimate of drug-likeness (QED) is 0.632. The van der Waals surface area contributed by atoms with Crippen LogP contribution in [0.15, 0.2) is 59.1 Å². The summed E-state index contributed by atoms with van der Waals surface area (Å²) in [6.07, 6.45) is 0. The number of nitrogens with two attached hydrogens (primary N) is 1. The Kier molecular flexibility index (Phi) is 4.04. The number of halogens is 2. The van der Waals surface area contributed by atoms with Crippen molar-refractivity contribution in [2.75, 3.05) is 5.73 Å². The molecule has 0 fully saturated rings. The molecule has 0 aliphatic carbocycles. The molecule has 3 rings (SSSR count). The van der Waals surface area contributed by atoms with Gasteiger partial charge in [-0.25, -0.2) is 0 Å². The molecule has 0 saturated heterocycles. The van der Waals surface area contributed by atoms with E-state index in [1.165, 1.54) is 5.39 Å². The lowest BCUT2D eigenvalue weighted by atomic mass is 10.1. The number of nitrogen functional groups attached to an aromatic ring is 1. The molecule has 106 valence electrons. The molecule has 21 heavy (non-hydrogen) atoms. The Labute approximate surface area is 136 Å². The van der Waals surface area contributed by atoms with Gasteiger partial charge in [0.25, 0.3) is 0 Å². The molecule has 4 heteroatoms. The maximum absolute atomic E-state index is 6.15. The van der Waals surface area contributed by atoms with Crippen LogP contribution in [-0.4, -0.2) is 0 Å². The summed E-state index contributed by atoms with van der Waals surface area (Å²) in [5.74, 6) is 0.784. The van der Waals surface area contributed by atoms with Crippen LogP contribution in [0.4, 0.5) is 5.69 Å². The zero-order valence-electron chi connectivity index (χ0n) is 11.1. The highest BCUT2D eigenvalue weighted by Gasteiger charge is 2.07. The number of fused-ring (bicyclic) bond motifs is 1. The van der Waals surface area contributed by atoms with Crippen LogP contribution in [0.1, 0.15) is 5.56 Å². The Bertz CT molecular complexity index is 804. The van der Waals surface area contributed by atoms with Crippen LogP contribution < -0.4 is 10.5 Å². The van der Waals surface area contributed by atoms with Crippen LogP contribution >= 0.6 is 27.5 Å². The first-order valence-corrected chi connectivity index (χ1v) is 7.66. The second-order valence-electron chi connectivity index (χ2n) is 4.74. The highest BCUT2D eigenvalue weighted by Crippen LogP contribution is 2.34. The smallest absolute Gasteiger partial charge is 0.134 e. The first kappa shape index (κ1) is 14.2. The second-order valence-corrected chi connectivity index (χ2v) is 5.94.